The zero-order chi connectivity index (χ0) is 16.4. The van der Waals surface area contributed by atoms with E-state index in [0.29, 0.717) is 0 Å². The number of carboxylic acids is 1. The quantitative estimate of drug-likeness (QED) is 0.330. The summed E-state index contributed by atoms with van der Waals surface area (Å²) in [7, 11) is 0. The van der Waals surface area contributed by atoms with Gasteiger partial charge in [-0.15, -0.1) is 6.58 Å². The predicted octanol–water partition coefficient (Wildman–Crippen LogP) is 3.38. The maximum absolute atomic E-state index is 11.1. The van der Waals surface area contributed by atoms with Gasteiger partial charge in [-0.05, 0) is 19.3 Å². The number of allylic oxidation sites excluding steroid dienone is 1. The van der Waals surface area contributed by atoms with Crippen molar-refractivity contribution in [1.82, 2.24) is 0 Å². The van der Waals surface area contributed by atoms with Crippen molar-refractivity contribution < 1.29 is 14.4 Å². The molecule has 0 aromatic heterocycles. The molecule has 1 aliphatic rings. The van der Waals surface area contributed by atoms with Gasteiger partial charge in [-0.1, -0.05) is 31.8 Å². The normalized spacial score (nSPS) is 21.6. The first-order chi connectivity index (χ1) is 10.5. The van der Waals surface area contributed by atoms with Crippen LogP contribution in [0, 0.1) is 0 Å². The lowest BCUT2D eigenvalue weighted by atomic mass is 10.1. The highest BCUT2D eigenvalue weighted by Crippen LogP contribution is 2.23. The Balaban J connectivity index is 2.35. The summed E-state index contributed by atoms with van der Waals surface area (Å²) in [6, 6.07) is 0. The van der Waals surface area contributed by atoms with E-state index in [1.165, 1.54) is 25.7 Å². The van der Waals surface area contributed by atoms with E-state index in [1.54, 1.807) is 6.20 Å². The first kappa shape index (κ1) is 18.6. The highest BCUT2D eigenvalue weighted by Gasteiger charge is 2.40. The van der Waals surface area contributed by atoms with Crippen molar-refractivity contribution in [3.63, 3.8) is 0 Å². The minimum absolute atomic E-state index is 0.0332. The Morgan fingerprint density at radius 2 is 2.00 bits per heavy atom. The summed E-state index contributed by atoms with van der Waals surface area (Å²) < 4.78 is 0.161. The molecule has 0 radical (unpaired) electrons. The van der Waals surface area contributed by atoms with Crippen molar-refractivity contribution in [2.24, 2.45) is 10.7 Å². The monoisotopic (exact) mass is 308 g/mol. The van der Waals surface area contributed by atoms with E-state index in [9.17, 15) is 4.79 Å². The molecule has 0 amide bonds. The number of amidine groups is 1. The van der Waals surface area contributed by atoms with E-state index in [4.69, 9.17) is 10.8 Å². The van der Waals surface area contributed by atoms with Crippen LogP contribution in [0.4, 0.5) is 0 Å². The van der Waals surface area contributed by atoms with Gasteiger partial charge in [0.15, 0.2) is 6.54 Å². The molecule has 1 aliphatic heterocycles. The molecular weight excluding hydrogens is 278 g/mol. The number of unbranched alkanes of at least 4 members (excludes halogenated alkanes) is 6. The van der Waals surface area contributed by atoms with E-state index in [1.807, 2.05) is 19.2 Å². The number of nitrogens with two attached hydrogens (primary N) is 1. The number of aliphatic carboxylic acids is 1. The summed E-state index contributed by atoms with van der Waals surface area (Å²) in [5, 5.41) is 9.15. The molecule has 0 saturated carbocycles. The van der Waals surface area contributed by atoms with Crippen LogP contribution in [0.15, 0.2) is 30.0 Å². The van der Waals surface area contributed by atoms with Crippen LogP contribution in [0.5, 0.6) is 0 Å². The largest absolute Gasteiger partial charge is 0.477 e. The molecule has 1 rings (SSSR count). The zero-order valence-electron chi connectivity index (χ0n) is 13.7. The van der Waals surface area contributed by atoms with Crippen LogP contribution in [0.1, 0.15) is 58.3 Å². The summed E-state index contributed by atoms with van der Waals surface area (Å²) in [6.45, 7) is 5.54. The number of hydrogen-bond acceptors (Lipinski definition) is 3. The smallest absolute Gasteiger partial charge is 0.360 e. The molecule has 5 nitrogen and oxygen atoms in total. The predicted molar refractivity (Wildman–Crippen MR) is 90.1 cm³/mol. The van der Waals surface area contributed by atoms with Gasteiger partial charge in [0.1, 0.15) is 12.4 Å². The molecule has 2 unspecified atom stereocenters. The topological polar surface area (TPSA) is 75.7 Å². The van der Waals surface area contributed by atoms with E-state index in [2.05, 4.69) is 11.6 Å². The number of carbonyl (C=O) groups is 1. The minimum atomic E-state index is -0.848. The average Bonchev–Trinajstić information content (AvgIpc) is 2.85. The summed E-state index contributed by atoms with van der Waals surface area (Å²) in [5.41, 5.74) is 6.04. The Kier molecular flexibility index (Phi) is 8.06. The summed E-state index contributed by atoms with van der Waals surface area (Å²) in [6.07, 6.45) is 14.2. The molecule has 124 valence electrons. The first-order valence-corrected chi connectivity index (χ1v) is 8.23. The molecule has 0 aliphatic carbocycles. The highest BCUT2D eigenvalue weighted by molar-refractivity contribution is 5.81. The Bertz CT molecular complexity index is 430. The van der Waals surface area contributed by atoms with Crippen molar-refractivity contribution in [2.75, 3.05) is 6.54 Å². The standard InChI is InChI=1S/C17H29N3O2/c1-3-4-5-6-7-8-9-10-11-16-19-12-13-20(16,15(2)18)14-17(21)22/h3,12-13,15H,1,4-11,14,18H2,2H3/p+1. The van der Waals surface area contributed by atoms with Crippen molar-refractivity contribution in [3.8, 4) is 0 Å². The van der Waals surface area contributed by atoms with Crippen LogP contribution in [0.25, 0.3) is 0 Å². The fourth-order valence-corrected chi connectivity index (χ4v) is 2.87. The van der Waals surface area contributed by atoms with Crippen molar-refractivity contribution >= 4 is 11.8 Å². The van der Waals surface area contributed by atoms with Gasteiger partial charge in [-0.2, -0.15) is 0 Å². The van der Waals surface area contributed by atoms with Gasteiger partial charge in [0.2, 0.25) is 5.84 Å². The second-order valence-corrected chi connectivity index (χ2v) is 6.02. The maximum atomic E-state index is 11.1. The van der Waals surface area contributed by atoms with E-state index in [-0.39, 0.29) is 17.2 Å². The molecule has 2 atom stereocenters. The molecule has 1 heterocycles. The molecule has 0 saturated heterocycles. The molecular formula is C17H30N3O2+. The van der Waals surface area contributed by atoms with Crippen LogP contribution < -0.4 is 5.73 Å². The molecule has 0 spiro atoms. The second kappa shape index (κ2) is 9.54. The summed E-state index contributed by atoms with van der Waals surface area (Å²) >= 11 is 0. The fourth-order valence-electron chi connectivity index (χ4n) is 2.87. The van der Waals surface area contributed by atoms with Crippen LogP contribution in [0.2, 0.25) is 0 Å². The van der Waals surface area contributed by atoms with Gasteiger partial charge in [0.05, 0.1) is 6.20 Å². The van der Waals surface area contributed by atoms with E-state index >= 15 is 0 Å². The number of rotatable bonds is 12. The van der Waals surface area contributed by atoms with Gasteiger partial charge in [-0.3, -0.25) is 5.73 Å². The minimum Gasteiger partial charge on any atom is -0.477 e. The summed E-state index contributed by atoms with van der Waals surface area (Å²) in [4.78, 5) is 15.5. The molecule has 0 bridgehead atoms. The lowest BCUT2D eigenvalue weighted by molar-refractivity contribution is -0.805. The lowest BCUT2D eigenvalue weighted by Gasteiger charge is -2.34. The molecule has 0 fully saturated rings. The first-order valence-electron chi connectivity index (χ1n) is 8.23. The average molecular weight is 308 g/mol. The van der Waals surface area contributed by atoms with E-state index < -0.39 is 5.97 Å². The summed E-state index contributed by atoms with van der Waals surface area (Å²) in [5.74, 6) is 0.0304. The van der Waals surface area contributed by atoms with Gasteiger partial charge >= 0.3 is 5.97 Å². The Morgan fingerprint density at radius 1 is 1.36 bits per heavy atom. The number of nitrogens with zero attached hydrogens (tertiary/aromatic N) is 2. The zero-order valence-corrected chi connectivity index (χ0v) is 13.7. The number of quaternary nitrogens is 1. The maximum Gasteiger partial charge on any atom is 0.360 e. The van der Waals surface area contributed by atoms with Crippen LogP contribution in [0.3, 0.4) is 0 Å². The fraction of sp³-hybridized carbons (Fsp3) is 0.647. The van der Waals surface area contributed by atoms with E-state index in [0.717, 1.165) is 31.5 Å². The third-order valence-corrected chi connectivity index (χ3v) is 4.22. The lowest BCUT2D eigenvalue weighted by Crippen LogP contribution is -2.59. The van der Waals surface area contributed by atoms with Gasteiger partial charge < -0.3 is 5.11 Å². The van der Waals surface area contributed by atoms with Gasteiger partial charge in [0.25, 0.3) is 0 Å². The Labute approximate surface area is 133 Å². The van der Waals surface area contributed by atoms with Gasteiger partial charge in [-0.25, -0.2) is 14.3 Å². The Morgan fingerprint density at radius 3 is 2.59 bits per heavy atom. The molecule has 3 N–H and O–H groups in total. The second-order valence-electron chi connectivity index (χ2n) is 6.02. The van der Waals surface area contributed by atoms with Gasteiger partial charge in [0, 0.05) is 13.3 Å². The molecule has 0 aromatic rings. The molecule has 0 aromatic carbocycles. The van der Waals surface area contributed by atoms with Crippen LogP contribution >= 0.6 is 0 Å². The number of aliphatic imine (C=N–C) groups is 1. The number of carboxylic acid groups (broad SMARTS) is 1. The highest BCUT2D eigenvalue weighted by atomic mass is 16.4. The number of hydrogen-bond donors (Lipinski definition) is 2. The van der Waals surface area contributed by atoms with Crippen LogP contribution in [-0.2, 0) is 4.79 Å². The Hall–Kier alpha value is -1.46. The third-order valence-electron chi connectivity index (χ3n) is 4.22. The van der Waals surface area contributed by atoms with Crippen molar-refractivity contribution in [1.29, 1.82) is 0 Å². The molecule has 22 heavy (non-hydrogen) atoms. The van der Waals surface area contributed by atoms with Crippen molar-refractivity contribution in [3.05, 3.63) is 25.1 Å². The van der Waals surface area contributed by atoms with Crippen LogP contribution in [-0.4, -0.2) is 34.1 Å². The van der Waals surface area contributed by atoms with Crippen molar-refractivity contribution in [2.45, 2.75) is 64.5 Å². The SMILES string of the molecule is C=CCCCCCCCCC1=NC=C[N+]1(CC(=O)O)C(C)N. The molecule has 5 heteroatoms. The third kappa shape index (κ3) is 5.39.